The minimum atomic E-state index is 0.567. The summed E-state index contributed by atoms with van der Waals surface area (Å²) in [6, 6.07) is 0.623. The van der Waals surface area contributed by atoms with E-state index in [4.69, 9.17) is 4.99 Å². The summed E-state index contributed by atoms with van der Waals surface area (Å²) in [5.74, 6) is 1.29. The Morgan fingerprint density at radius 2 is 2.21 bits per heavy atom. The Kier molecular flexibility index (Phi) is 4.37. The molecule has 2 aliphatic heterocycles. The van der Waals surface area contributed by atoms with Crippen LogP contribution in [0.3, 0.4) is 0 Å². The van der Waals surface area contributed by atoms with Crippen LogP contribution in [-0.4, -0.2) is 48.0 Å². The second-order valence-electron chi connectivity index (χ2n) is 6.49. The standard InChI is InChI=1S/C15H27N3S/c1-2-18-9-5-6-13(10-18)17-14-16-11-15(12-19-14)7-3-4-8-15/h13H,2-12H2,1H3,(H,16,17). The number of hydrogen-bond donors (Lipinski definition) is 1. The number of nitrogens with one attached hydrogen (secondary N) is 1. The lowest BCUT2D eigenvalue weighted by Crippen LogP contribution is -2.48. The predicted octanol–water partition coefficient (Wildman–Crippen LogP) is 2.72. The van der Waals surface area contributed by atoms with Gasteiger partial charge in [-0.15, -0.1) is 0 Å². The molecule has 2 heterocycles. The number of amidine groups is 1. The van der Waals surface area contributed by atoms with E-state index in [-0.39, 0.29) is 0 Å². The number of likely N-dealkylation sites (N-methyl/N-ethyl adjacent to an activating group) is 1. The van der Waals surface area contributed by atoms with Gasteiger partial charge >= 0.3 is 0 Å². The first-order valence-corrected chi connectivity index (χ1v) is 8.94. The number of hydrogen-bond acceptors (Lipinski definition) is 4. The lowest BCUT2D eigenvalue weighted by Gasteiger charge is -2.35. The molecule has 19 heavy (non-hydrogen) atoms. The maximum absolute atomic E-state index is 4.86. The van der Waals surface area contributed by atoms with Gasteiger partial charge in [0, 0.05) is 24.9 Å². The largest absolute Gasteiger partial charge is 0.361 e. The van der Waals surface area contributed by atoms with Gasteiger partial charge in [-0.05, 0) is 44.2 Å². The highest BCUT2D eigenvalue weighted by Gasteiger charge is 2.36. The van der Waals surface area contributed by atoms with Crippen LogP contribution in [-0.2, 0) is 0 Å². The Hall–Kier alpha value is -0.220. The second kappa shape index (κ2) is 6.04. The van der Waals surface area contributed by atoms with Crippen molar-refractivity contribution in [2.45, 2.75) is 51.5 Å². The number of thioether (sulfide) groups is 1. The molecule has 0 aromatic heterocycles. The molecule has 3 nitrogen and oxygen atoms in total. The van der Waals surface area contributed by atoms with Crippen molar-refractivity contribution in [3.05, 3.63) is 0 Å². The van der Waals surface area contributed by atoms with Gasteiger partial charge in [0.1, 0.15) is 0 Å². The molecule has 0 amide bonds. The SMILES string of the molecule is CCN1CCCC(NC2=NCC3(CCCC3)CS2)C1. The number of piperidine rings is 1. The van der Waals surface area contributed by atoms with Gasteiger partial charge in [0.05, 0.1) is 0 Å². The number of nitrogens with zero attached hydrogens (tertiary/aromatic N) is 2. The second-order valence-corrected chi connectivity index (χ2v) is 7.46. The molecule has 1 saturated heterocycles. The Morgan fingerprint density at radius 1 is 1.37 bits per heavy atom. The van der Waals surface area contributed by atoms with Gasteiger partial charge in [-0.2, -0.15) is 0 Å². The monoisotopic (exact) mass is 281 g/mol. The fraction of sp³-hybridized carbons (Fsp3) is 0.933. The average Bonchev–Trinajstić information content (AvgIpc) is 2.90. The molecule has 1 unspecified atom stereocenters. The zero-order chi connectivity index (χ0) is 13.1. The first kappa shape index (κ1) is 13.7. The summed E-state index contributed by atoms with van der Waals surface area (Å²) in [5.41, 5.74) is 0.567. The van der Waals surface area contributed by atoms with E-state index in [0.717, 1.165) is 6.54 Å². The van der Waals surface area contributed by atoms with Crippen LogP contribution in [0.25, 0.3) is 0 Å². The Balaban J connectivity index is 1.52. The zero-order valence-electron chi connectivity index (χ0n) is 12.2. The lowest BCUT2D eigenvalue weighted by atomic mass is 9.89. The molecular weight excluding hydrogens is 254 g/mol. The summed E-state index contributed by atoms with van der Waals surface area (Å²) in [5, 5.41) is 4.92. The van der Waals surface area contributed by atoms with Crippen molar-refractivity contribution >= 4 is 16.9 Å². The third kappa shape index (κ3) is 3.27. The molecule has 4 heteroatoms. The van der Waals surface area contributed by atoms with Gasteiger partial charge < -0.3 is 10.2 Å². The molecule has 1 saturated carbocycles. The fourth-order valence-corrected chi connectivity index (χ4v) is 4.93. The molecule has 0 radical (unpaired) electrons. The van der Waals surface area contributed by atoms with Crippen LogP contribution < -0.4 is 5.32 Å². The highest BCUT2D eigenvalue weighted by molar-refractivity contribution is 8.13. The van der Waals surface area contributed by atoms with E-state index in [1.54, 1.807) is 0 Å². The lowest BCUT2D eigenvalue weighted by molar-refractivity contribution is 0.210. The fourth-order valence-electron chi connectivity index (χ4n) is 3.70. The maximum Gasteiger partial charge on any atom is 0.156 e. The summed E-state index contributed by atoms with van der Waals surface area (Å²) < 4.78 is 0. The van der Waals surface area contributed by atoms with Crippen molar-refractivity contribution in [2.75, 3.05) is 31.9 Å². The summed E-state index contributed by atoms with van der Waals surface area (Å²) in [7, 11) is 0. The quantitative estimate of drug-likeness (QED) is 0.843. The third-order valence-corrected chi connectivity index (χ3v) is 6.29. The molecule has 1 aliphatic carbocycles. The average molecular weight is 281 g/mol. The number of likely N-dealkylation sites (tertiary alicyclic amines) is 1. The van der Waals surface area contributed by atoms with E-state index in [2.05, 4.69) is 17.1 Å². The van der Waals surface area contributed by atoms with Gasteiger partial charge in [0.25, 0.3) is 0 Å². The topological polar surface area (TPSA) is 27.6 Å². The van der Waals surface area contributed by atoms with Crippen LogP contribution in [0.2, 0.25) is 0 Å². The van der Waals surface area contributed by atoms with E-state index < -0.39 is 0 Å². The van der Waals surface area contributed by atoms with Crippen molar-refractivity contribution in [3.63, 3.8) is 0 Å². The highest BCUT2D eigenvalue weighted by Crippen LogP contribution is 2.43. The van der Waals surface area contributed by atoms with Crippen LogP contribution in [0.1, 0.15) is 45.4 Å². The van der Waals surface area contributed by atoms with Gasteiger partial charge in [-0.25, -0.2) is 0 Å². The van der Waals surface area contributed by atoms with Gasteiger partial charge in [-0.1, -0.05) is 31.5 Å². The number of rotatable bonds is 2. The highest BCUT2D eigenvalue weighted by atomic mass is 32.2. The molecule has 1 spiro atoms. The van der Waals surface area contributed by atoms with E-state index in [0.29, 0.717) is 11.5 Å². The molecule has 1 N–H and O–H groups in total. The first-order chi connectivity index (χ1) is 9.30. The van der Waals surface area contributed by atoms with Crippen molar-refractivity contribution in [1.29, 1.82) is 0 Å². The van der Waals surface area contributed by atoms with Crippen molar-refractivity contribution in [3.8, 4) is 0 Å². The Morgan fingerprint density at radius 3 is 2.89 bits per heavy atom. The Bertz CT molecular complexity index is 336. The molecule has 2 fully saturated rings. The third-order valence-electron chi connectivity index (χ3n) is 5.02. The molecule has 3 aliphatic rings. The van der Waals surface area contributed by atoms with E-state index >= 15 is 0 Å². The number of aliphatic imine (C=N–C) groups is 1. The van der Waals surface area contributed by atoms with Gasteiger partial charge in [0.2, 0.25) is 0 Å². The molecular formula is C15H27N3S. The maximum atomic E-state index is 4.86. The van der Waals surface area contributed by atoms with Crippen molar-refractivity contribution in [1.82, 2.24) is 10.2 Å². The van der Waals surface area contributed by atoms with Crippen LogP contribution in [0.5, 0.6) is 0 Å². The normalized spacial score (nSPS) is 31.4. The predicted molar refractivity (Wildman–Crippen MR) is 83.9 cm³/mol. The van der Waals surface area contributed by atoms with E-state index in [9.17, 15) is 0 Å². The van der Waals surface area contributed by atoms with Crippen LogP contribution in [0, 0.1) is 5.41 Å². The summed E-state index contributed by atoms with van der Waals surface area (Å²) in [4.78, 5) is 7.41. The van der Waals surface area contributed by atoms with Gasteiger partial charge in [0.15, 0.2) is 5.17 Å². The summed E-state index contributed by atoms with van der Waals surface area (Å²) >= 11 is 1.98. The smallest absolute Gasteiger partial charge is 0.156 e. The minimum Gasteiger partial charge on any atom is -0.361 e. The molecule has 108 valence electrons. The van der Waals surface area contributed by atoms with E-state index in [1.807, 2.05) is 11.8 Å². The molecule has 0 aromatic carbocycles. The van der Waals surface area contributed by atoms with Crippen molar-refractivity contribution < 1.29 is 0 Å². The molecule has 1 atom stereocenters. The van der Waals surface area contributed by atoms with E-state index in [1.165, 1.54) is 69.1 Å². The van der Waals surface area contributed by atoms with Crippen LogP contribution >= 0.6 is 11.8 Å². The summed E-state index contributed by atoms with van der Waals surface area (Å²) in [6.07, 6.45) is 8.29. The molecule has 0 bridgehead atoms. The molecule has 0 aromatic rings. The van der Waals surface area contributed by atoms with Crippen LogP contribution in [0.4, 0.5) is 0 Å². The first-order valence-electron chi connectivity index (χ1n) is 7.96. The molecule has 3 rings (SSSR count). The zero-order valence-corrected chi connectivity index (χ0v) is 13.0. The minimum absolute atomic E-state index is 0.567. The Labute approximate surface area is 121 Å². The van der Waals surface area contributed by atoms with Crippen LogP contribution in [0.15, 0.2) is 4.99 Å². The van der Waals surface area contributed by atoms with Crippen molar-refractivity contribution in [2.24, 2.45) is 10.4 Å². The van der Waals surface area contributed by atoms with Gasteiger partial charge in [-0.3, -0.25) is 4.99 Å². The summed E-state index contributed by atoms with van der Waals surface area (Å²) in [6.45, 7) is 6.99.